The van der Waals surface area contributed by atoms with E-state index >= 15 is 0 Å². The van der Waals surface area contributed by atoms with Crippen LogP contribution < -0.4 is 5.32 Å². The van der Waals surface area contributed by atoms with E-state index in [0.29, 0.717) is 21.4 Å². The number of benzene rings is 1. The number of nitrogens with one attached hydrogen (secondary N) is 1. The highest BCUT2D eigenvalue weighted by Crippen LogP contribution is 2.32. The molecule has 18 heavy (non-hydrogen) atoms. The van der Waals surface area contributed by atoms with Crippen molar-refractivity contribution in [3.63, 3.8) is 0 Å². The molecule has 0 spiro atoms. The highest BCUT2D eigenvalue weighted by Gasteiger charge is 2.13. The Morgan fingerprint density at radius 3 is 2.94 bits per heavy atom. The number of halogens is 2. The fraction of sp³-hybridized carbons (Fsp3) is 0.167. The monoisotopic (exact) mass is 283 g/mol. The molecular weight excluding hydrogens is 273 g/mol. The first-order valence-electron chi connectivity index (χ1n) is 5.29. The number of likely N-dealkylation sites (N-methyl/N-ethyl adjacent to an activating group) is 1. The smallest absolute Gasteiger partial charge is 0.239 e. The predicted octanol–water partition coefficient (Wildman–Crippen LogP) is 2.60. The van der Waals surface area contributed by atoms with Crippen LogP contribution in [0.5, 0.6) is 0 Å². The maximum absolute atomic E-state index is 11.4. The summed E-state index contributed by atoms with van der Waals surface area (Å²) in [5, 5.41) is 3.46. The zero-order valence-electron chi connectivity index (χ0n) is 9.65. The van der Waals surface area contributed by atoms with Gasteiger partial charge in [0.05, 0.1) is 10.0 Å². The third-order valence-electron chi connectivity index (χ3n) is 2.50. The van der Waals surface area contributed by atoms with Gasteiger partial charge < -0.3 is 9.88 Å². The predicted molar refractivity (Wildman–Crippen MR) is 71.7 cm³/mol. The molecule has 0 saturated carbocycles. The number of aromatic nitrogens is 2. The average Bonchev–Trinajstić information content (AvgIpc) is 2.80. The second kappa shape index (κ2) is 5.42. The van der Waals surface area contributed by atoms with Crippen LogP contribution in [-0.2, 0) is 11.3 Å². The first-order chi connectivity index (χ1) is 8.63. The lowest BCUT2D eigenvalue weighted by molar-refractivity contribution is -0.121. The Morgan fingerprint density at radius 1 is 1.44 bits per heavy atom. The Labute approximate surface area is 115 Å². The fourth-order valence-corrected chi connectivity index (χ4v) is 1.98. The van der Waals surface area contributed by atoms with Crippen LogP contribution in [0.4, 0.5) is 0 Å². The standard InChI is InChI=1S/C12H11Cl2N3O/c1-15-10(18)7-17-6-5-16-12(17)8-3-2-4-9(13)11(8)14/h2-6H,7H2,1H3,(H,15,18). The summed E-state index contributed by atoms with van der Waals surface area (Å²) in [6.07, 6.45) is 3.34. The molecule has 2 aromatic rings. The summed E-state index contributed by atoms with van der Waals surface area (Å²) in [5.74, 6) is 0.513. The van der Waals surface area contributed by atoms with Gasteiger partial charge in [0.1, 0.15) is 12.4 Å². The maximum Gasteiger partial charge on any atom is 0.239 e. The van der Waals surface area contributed by atoms with Crippen molar-refractivity contribution in [2.75, 3.05) is 7.05 Å². The van der Waals surface area contributed by atoms with E-state index in [1.165, 1.54) is 0 Å². The van der Waals surface area contributed by atoms with E-state index < -0.39 is 0 Å². The topological polar surface area (TPSA) is 46.9 Å². The molecule has 1 N–H and O–H groups in total. The van der Waals surface area contributed by atoms with Gasteiger partial charge in [-0.25, -0.2) is 4.98 Å². The molecular formula is C12H11Cl2N3O. The third kappa shape index (κ3) is 2.49. The van der Waals surface area contributed by atoms with E-state index in [2.05, 4.69) is 10.3 Å². The summed E-state index contributed by atoms with van der Waals surface area (Å²) in [7, 11) is 1.59. The second-order valence-corrected chi connectivity index (χ2v) is 4.44. The molecule has 1 heterocycles. The van der Waals surface area contributed by atoms with Crippen molar-refractivity contribution in [2.45, 2.75) is 6.54 Å². The van der Waals surface area contributed by atoms with Crippen LogP contribution in [0.2, 0.25) is 10.0 Å². The number of carbonyl (C=O) groups excluding carboxylic acids is 1. The average molecular weight is 284 g/mol. The van der Waals surface area contributed by atoms with E-state index in [4.69, 9.17) is 23.2 Å². The van der Waals surface area contributed by atoms with Crippen molar-refractivity contribution in [3.8, 4) is 11.4 Å². The molecule has 2 rings (SSSR count). The molecule has 94 valence electrons. The molecule has 0 fully saturated rings. The normalized spacial score (nSPS) is 10.4. The zero-order chi connectivity index (χ0) is 13.1. The molecule has 0 aliphatic heterocycles. The summed E-state index contributed by atoms with van der Waals surface area (Å²) in [6, 6.07) is 5.32. The number of imidazole rings is 1. The molecule has 1 amide bonds. The quantitative estimate of drug-likeness (QED) is 0.941. The Kier molecular flexibility index (Phi) is 3.89. The van der Waals surface area contributed by atoms with Crippen molar-refractivity contribution >= 4 is 29.1 Å². The van der Waals surface area contributed by atoms with Crippen LogP contribution in [0.1, 0.15) is 0 Å². The highest BCUT2D eigenvalue weighted by atomic mass is 35.5. The van der Waals surface area contributed by atoms with Crippen LogP contribution in [0.25, 0.3) is 11.4 Å². The number of nitrogens with zero attached hydrogens (tertiary/aromatic N) is 2. The zero-order valence-corrected chi connectivity index (χ0v) is 11.2. The van der Waals surface area contributed by atoms with Crippen LogP contribution in [0, 0.1) is 0 Å². The summed E-state index contributed by atoms with van der Waals surface area (Å²) >= 11 is 12.1. The van der Waals surface area contributed by atoms with Crippen molar-refractivity contribution in [1.29, 1.82) is 0 Å². The van der Waals surface area contributed by atoms with Gasteiger partial charge >= 0.3 is 0 Å². The molecule has 0 radical (unpaired) electrons. The number of hydrogen-bond acceptors (Lipinski definition) is 2. The van der Waals surface area contributed by atoms with Crippen LogP contribution in [0.3, 0.4) is 0 Å². The van der Waals surface area contributed by atoms with Crippen molar-refractivity contribution in [1.82, 2.24) is 14.9 Å². The van der Waals surface area contributed by atoms with Crippen LogP contribution in [-0.4, -0.2) is 22.5 Å². The Balaban J connectivity index is 2.42. The van der Waals surface area contributed by atoms with Gasteiger partial charge in [0, 0.05) is 25.0 Å². The summed E-state index contributed by atoms with van der Waals surface area (Å²) in [6.45, 7) is 0.189. The minimum Gasteiger partial charge on any atom is -0.358 e. The molecule has 1 aromatic carbocycles. The molecule has 1 aromatic heterocycles. The van der Waals surface area contributed by atoms with Gasteiger partial charge in [-0.15, -0.1) is 0 Å². The molecule has 6 heteroatoms. The Hall–Kier alpha value is -1.52. The fourth-order valence-electron chi connectivity index (χ4n) is 1.59. The van der Waals surface area contributed by atoms with Gasteiger partial charge in [0.15, 0.2) is 0 Å². The lowest BCUT2D eigenvalue weighted by Crippen LogP contribution is -2.23. The lowest BCUT2D eigenvalue weighted by Gasteiger charge is -2.09. The lowest BCUT2D eigenvalue weighted by atomic mass is 10.2. The summed E-state index contributed by atoms with van der Waals surface area (Å²) in [5.41, 5.74) is 0.707. The van der Waals surface area contributed by atoms with E-state index in [1.54, 1.807) is 36.1 Å². The van der Waals surface area contributed by atoms with E-state index in [1.807, 2.05) is 6.07 Å². The first-order valence-corrected chi connectivity index (χ1v) is 6.05. The largest absolute Gasteiger partial charge is 0.358 e. The third-order valence-corrected chi connectivity index (χ3v) is 3.32. The molecule has 0 aliphatic carbocycles. The number of hydrogen-bond donors (Lipinski definition) is 1. The number of amides is 1. The first kappa shape index (κ1) is 12.9. The van der Waals surface area contributed by atoms with Crippen molar-refractivity contribution < 1.29 is 4.79 Å². The molecule has 0 saturated heterocycles. The molecule has 0 aliphatic rings. The van der Waals surface area contributed by atoms with E-state index in [0.717, 1.165) is 0 Å². The maximum atomic E-state index is 11.4. The van der Waals surface area contributed by atoms with Crippen molar-refractivity contribution in [2.24, 2.45) is 0 Å². The van der Waals surface area contributed by atoms with Crippen LogP contribution in [0.15, 0.2) is 30.6 Å². The van der Waals surface area contributed by atoms with Gasteiger partial charge in [0.25, 0.3) is 0 Å². The van der Waals surface area contributed by atoms with Gasteiger partial charge in [-0.3, -0.25) is 4.79 Å². The SMILES string of the molecule is CNC(=O)Cn1ccnc1-c1cccc(Cl)c1Cl. The van der Waals surface area contributed by atoms with E-state index in [9.17, 15) is 4.79 Å². The number of rotatable bonds is 3. The minimum atomic E-state index is -0.104. The van der Waals surface area contributed by atoms with Crippen molar-refractivity contribution in [3.05, 3.63) is 40.6 Å². The molecule has 0 bridgehead atoms. The van der Waals surface area contributed by atoms with Gasteiger partial charge in [-0.1, -0.05) is 29.3 Å². The minimum absolute atomic E-state index is 0.104. The molecule has 0 unspecified atom stereocenters. The summed E-state index contributed by atoms with van der Waals surface area (Å²) in [4.78, 5) is 15.6. The second-order valence-electron chi connectivity index (χ2n) is 3.65. The highest BCUT2D eigenvalue weighted by molar-refractivity contribution is 6.43. The van der Waals surface area contributed by atoms with Crippen LogP contribution >= 0.6 is 23.2 Å². The number of carbonyl (C=O) groups is 1. The van der Waals surface area contributed by atoms with Gasteiger partial charge in [-0.2, -0.15) is 0 Å². The van der Waals surface area contributed by atoms with Gasteiger partial charge in [-0.05, 0) is 12.1 Å². The molecule has 4 nitrogen and oxygen atoms in total. The summed E-state index contributed by atoms with van der Waals surface area (Å²) < 4.78 is 1.72. The molecule has 0 atom stereocenters. The van der Waals surface area contributed by atoms with E-state index in [-0.39, 0.29) is 12.5 Å². The Bertz CT molecular complexity index is 580. The van der Waals surface area contributed by atoms with Gasteiger partial charge in [0.2, 0.25) is 5.91 Å². The Morgan fingerprint density at radius 2 is 2.22 bits per heavy atom.